The summed E-state index contributed by atoms with van der Waals surface area (Å²) in [5, 5.41) is 2.14. The molecule has 1 heterocycles. The average Bonchev–Trinajstić information content (AvgIpc) is 2.33. The van der Waals surface area contributed by atoms with E-state index in [9.17, 15) is 4.79 Å². The fraction of sp³-hybridized carbons (Fsp3) is 0.214. The van der Waals surface area contributed by atoms with Gasteiger partial charge in [0.1, 0.15) is 5.75 Å². The first kappa shape index (κ1) is 9.40. The van der Waals surface area contributed by atoms with Crippen molar-refractivity contribution in [1.82, 2.24) is 0 Å². The Hall–Kier alpha value is -1.83. The van der Waals surface area contributed by atoms with Crippen molar-refractivity contribution in [2.75, 3.05) is 6.61 Å². The van der Waals surface area contributed by atoms with Gasteiger partial charge in [0.15, 0.2) is 5.78 Å². The molecule has 0 aliphatic carbocycles. The maximum absolute atomic E-state index is 12.0. The van der Waals surface area contributed by atoms with Crippen molar-refractivity contribution in [3.05, 3.63) is 42.0 Å². The lowest BCUT2D eigenvalue weighted by Gasteiger charge is -2.22. The van der Waals surface area contributed by atoms with E-state index >= 15 is 0 Å². The third-order valence-electron chi connectivity index (χ3n) is 3.07. The molecule has 0 aromatic heterocycles. The molecule has 2 heteroatoms. The Kier molecular flexibility index (Phi) is 1.96. The summed E-state index contributed by atoms with van der Waals surface area (Å²) in [6.07, 6.45) is 0. The van der Waals surface area contributed by atoms with E-state index in [0.717, 1.165) is 22.1 Å². The van der Waals surface area contributed by atoms with E-state index in [1.54, 1.807) is 0 Å². The van der Waals surface area contributed by atoms with Gasteiger partial charge in [-0.3, -0.25) is 4.79 Å². The Balaban J connectivity index is 2.32. The van der Waals surface area contributed by atoms with Gasteiger partial charge in [-0.2, -0.15) is 0 Å². The molecule has 16 heavy (non-hydrogen) atoms. The Morgan fingerprint density at radius 1 is 1.19 bits per heavy atom. The van der Waals surface area contributed by atoms with Crippen LogP contribution >= 0.6 is 0 Å². The zero-order valence-corrected chi connectivity index (χ0v) is 9.07. The summed E-state index contributed by atoms with van der Waals surface area (Å²) in [6.45, 7) is 2.39. The lowest BCUT2D eigenvalue weighted by Crippen LogP contribution is -2.25. The van der Waals surface area contributed by atoms with Gasteiger partial charge in [-0.05, 0) is 11.5 Å². The zero-order valence-electron chi connectivity index (χ0n) is 9.07. The molecule has 0 N–H and O–H groups in total. The number of carbonyl (C=O) groups excluding carboxylic acids is 1. The molecule has 0 spiro atoms. The van der Waals surface area contributed by atoms with Gasteiger partial charge in [0, 0.05) is 5.39 Å². The number of ether oxygens (including phenoxy) is 1. The van der Waals surface area contributed by atoms with Crippen LogP contribution in [0, 0.1) is 5.92 Å². The van der Waals surface area contributed by atoms with Crippen LogP contribution in [0.4, 0.5) is 0 Å². The predicted octanol–water partition coefficient (Wildman–Crippen LogP) is 3.05. The molecular formula is C14H12O2. The summed E-state index contributed by atoms with van der Waals surface area (Å²) in [5.74, 6) is 0.905. The molecule has 1 atom stereocenters. The minimum atomic E-state index is -0.0336. The van der Waals surface area contributed by atoms with Gasteiger partial charge in [-0.25, -0.2) is 0 Å². The number of benzene rings is 2. The number of fused-ring (bicyclic) bond motifs is 3. The SMILES string of the molecule is CC1COc2c(ccc3ccccc23)C1=O. The third-order valence-corrected chi connectivity index (χ3v) is 3.07. The number of Topliss-reactive ketones (excluding diaryl/α,β-unsaturated/α-hetero) is 1. The smallest absolute Gasteiger partial charge is 0.172 e. The van der Waals surface area contributed by atoms with Gasteiger partial charge in [-0.1, -0.05) is 37.3 Å². The van der Waals surface area contributed by atoms with Crippen LogP contribution in [0.25, 0.3) is 10.8 Å². The lowest BCUT2D eigenvalue weighted by atomic mass is 9.94. The number of carbonyl (C=O) groups is 1. The number of ketones is 1. The van der Waals surface area contributed by atoms with Crippen molar-refractivity contribution in [3.63, 3.8) is 0 Å². The summed E-state index contributed by atoms with van der Waals surface area (Å²) in [6, 6.07) is 11.8. The van der Waals surface area contributed by atoms with Crippen molar-refractivity contribution in [1.29, 1.82) is 0 Å². The van der Waals surface area contributed by atoms with E-state index in [0.29, 0.717) is 6.61 Å². The van der Waals surface area contributed by atoms with E-state index in [2.05, 4.69) is 0 Å². The van der Waals surface area contributed by atoms with Crippen molar-refractivity contribution in [3.8, 4) is 5.75 Å². The average molecular weight is 212 g/mol. The van der Waals surface area contributed by atoms with Crippen molar-refractivity contribution in [2.45, 2.75) is 6.92 Å². The van der Waals surface area contributed by atoms with Gasteiger partial charge < -0.3 is 4.74 Å². The van der Waals surface area contributed by atoms with E-state index in [-0.39, 0.29) is 11.7 Å². The highest BCUT2D eigenvalue weighted by atomic mass is 16.5. The topological polar surface area (TPSA) is 26.3 Å². The minimum absolute atomic E-state index is 0.0336. The largest absolute Gasteiger partial charge is 0.491 e. The highest BCUT2D eigenvalue weighted by molar-refractivity contribution is 6.06. The number of rotatable bonds is 0. The van der Waals surface area contributed by atoms with Gasteiger partial charge in [0.25, 0.3) is 0 Å². The highest BCUT2D eigenvalue weighted by Gasteiger charge is 2.26. The van der Waals surface area contributed by atoms with Crippen LogP contribution in [-0.2, 0) is 0 Å². The van der Waals surface area contributed by atoms with Gasteiger partial charge in [0.2, 0.25) is 0 Å². The van der Waals surface area contributed by atoms with Gasteiger partial charge in [0.05, 0.1) is 18.1 Å². The lowest BCUT2D eigenvalue weighted by molar-refractivity contribution is 0.0851. The van der Waals surface area contributed by atoms with Gasteiger partial charge in [-0.15, -0.1) is 0 Å². The third kappa shape index (κ3) is 1.23. The van der Waals surface area contributed by atoms with Crippen molar-refractivity contribution >= 4 is 16.6 Å². The summed E-state index contributed by atoms with van der Waals surface area (Å²) in [7, 11) is 0. The second-order valence-electron chi connectivity index (χ2n) is 4.24. The second kappa shape index (κ2) is 3.34. The normalized spacial score (nSPS) is 19.3. The maximum atomic E-state index is 12.0. The molecule has 0 amide bonds. The predicted molar refractivity (Wildman–Crippen MR) is 62.9 cm³/mol. The molecule has 0 saturated heterocycles. The van der Waals surface area contributed by atoms with Crippen molar-refractivity contribution in [2.24, 2.45) is 5.92 Å². The molecule has 1 aliphatic rings. The number of hydrogen-bond donors (Lipinski definition) is 0. The fourth-order valence-corrected chi connectivity index (χ4v) is 2.14. The molecular weight excluding hydrogens is 200 g/mol. The molecule has 80 valence electrons. The van der Waals surface area contributed by atoms with Crippen LogP contribution in [0.1, 0.15) is 17.3 Å². The second-order valence-corrected chi connectivity index (χ2v) is 4.24. The quantitative estimate of drug-likeness (QED) is 0.671. The molecule has 0 saturated carbocycles. The molecule has 1 aliphatic heterocycles. The van der Waals surface area contributed by atoms with Crippen LogP contribution in [0.5, 0.6) is 5.75 Å². The summed E-state index contributed by atoms with van der Waals surface area (Å²) in [4.78, 5) is 12.0. The van der Waals surface area contributed by atoms with Crippen LogP contribution in [0.2, 0.25) is 0 Å². The fourth-order valence-electron chi connectivity index (χ4n) is 2.14. The number of hydrogen-bond acceptors (Lipinski definition) is 2. The summed E-state index contributed by atoms with van der Waals surface area (Å²) < 4.78 is 5.70. The molecule has 3 rings (SSSR count). The molecule has 0 bridgehead atoms. The summed E-state index contributed by atoms with van der Waals surface area (Å²) in [5.41, 5.74) is 0.720. The Bertz CT molecular complexity index is 572. The van der Waals surface area contributed by atoms with E-state index in [1.807, 2.05) is 43.3 Å². The Morgan fingerprint density at radius 2 is 2.00 bits per heavy atom. The molecule has 0 fully saturated rings. The zero-order chi connectivity index (χ0) is 11.1. The molecule has 2 nitrogen and oxygen atoms in total. The molecule has 2 aromatic carbocycles. The summed E-state index contributed by atoms with van der Waals surface area (Å²) >= 11 is 0. The molecule has 1 unspecified atom stereocenters. The van der Waals surface area contributed by atoms with Crippen LogP contribution in [0.3, 0.4) is 0 Å². The van der Waals surface area contributed by atoms with E-state index < -0.39 is 0 Å². The van der Waals surface area contributed by atoms with E-state index in [4.69, 9.17) is 4.74 Å². The highest BCUT2D eigenvalue weighted by Crippen LogP contribution is 2.34. The van der Waals surface area contributed by atoms with Crippen LogP contribution < -0.4 is 4.74 Å². The van der Waals surface area contributed by atoms with Crippen LogP contribution in [0.15, 0.2) is 36.4 Å². The minimum Gasteiger partial charge on any atom is -0.491 e. The Labute approximate surface area is 93.8 Å². The van der Waals surface area contributed by atoms with Crippen molar-refractivity contribution < 1.29 is 9.53 Å². The first-order chi connectivity index (χ1) is 7.77. The molecule has 2 aromatic rings. The first-order valence-corrected chi connectivity index (χ1v) is 5.46. The monoisotopic (exact) mass is 212 g/mol. The van der Waals surface area contributed by atoms with E-state index in [1.165, 1.54) is 0 Å². The first-order valence-electron chi connectivity index (χ1n) is 5.46. The Morgan fingerprint density at radius 3 is 2.88 bits per heavy atom. The standard InChI is InChI=1S/C14H12O2/c1-9-8-16-14-11-5-3-2-4-10(11)6-7-12(14)13(9)15/h2-7,9H,8H2,1H3. The molecule has 0 radical (unpaired) electrons. The van der Waals surface area contributed by atoms with Gasteiger partial charge >= 0.3 is 0 Å². The van der Waals surface area contributed by atoms with Crippen LogP contribution in [-0.4, -0.2) is 12.4 Å². The maximum Gasteiger partial charge on any atom is 0.172 e.